The summed E-state index contributed by atoms with van der Waals surface area (Å²) in [4.78, 5) is 13.6. The van der Waals surface area contributed by atoms with Gasteiger partial charge in [0.2, 0.25) is 5.91 Å². The fraction of sp³-hybridized carbons (Fsp3) is 0.562. The van der Waals surface area contributed by atoms with Crippen LogP contribution in [0.3, 0.4) is 0 Å². The van der Waals surface area contributed by atoms with E-state index in [4.69, 9.17) is 0 Å². The smallest absolute Gasteiger partial charge is 0.239 e. The second kappa shape index (κ2) is 9.05. The molecule has 1 rings (SSSR count). The molecular weight excluding hydrogens is 330 g/mol. The van der Waals surface area contributed by atoms with Gasteiger partial charge in [0.05, 0.1) is 6.54 Å². The van der Waals surface area contributed by atoms with Crippen LogP contribution in [0.2, 0.25) is 0 Å². The van der Waals surface area contributed by atoms with Crippen molar-refractivity contribution in [1.29, 1.82) is 0 Å². The molecule has 0 saturated carbocycles. The molecule has 0 aromatic heterocycles. The second-order valence-corrected chi connectivity index (χ2v) is 6.34. The zero-order chi connectivity index (χ0) is 15.8. The lowest BCUT2D eigenvalue weighted by molar-refractivity contribution is -0.119. The van der Waals surface area contributed by atoms with Crippen molar-refractivity contribution in [3.63, 3.8) is 0 Å². The minimum Gasteiger partial charge on any atom is -0.362 e. The Bertz CT molecular complexity index is 463. The monoisotopic (exact) mass is 355 g/mol. The van der Waals surface area contributed by atoms with Crippen molar-refractivity contribution in [2.24, 2.45) is 5.92 Å². The lowest BCUT2D eigenvalue weighted by Gasteiger charge is -2.23. The van der Waals surface area contributed by atoms with Crippen LogP contribution in [0, 0.1) is 5.92 Å². The summed E-state index contributed by atoms with van der Waals surface area (Å²) in [7, 11) is 1.66. The van der Waals surface area contributed by atoms with E-state index in [1.165, 1.54) is 5.56 Å². The van der Waals surface area contributed by atoms with E-state index in [0.29, 0.717) is 12.5 Å². The summed E-state index contributed by atoms with van der Waals surface area (Å²) in [6, 6.07) is 6.27. The first-order chi connectivity index (χ1) is 9.97. The molecule has 0 aliphatic carbocycles. The normalized spacial score (nSPS) is 10.8. The van der Waals surface area contributed by atoms with Crippen molar-refractivity contribution in [3.8, 4) is 0 Å². The Morgan fingerprint density at radius 3 is 2.62 bits per heavy atom. The first-order valence-corrected chi connectivity index (χ1v) is 8.21. The van der Waals surface area contributed by atoms with Crippen LogP contribution in [-0.2, 0) is 11.3 Å². The number of likely N-dealkylation sites (N-methyl/N-ethyl adjacent to an activating group) is 2. The van der Waals surface area contributed by atoms with Gasteiger partial charge in [-0.15, -0.1) is 0 Å². The van der Waals surface area contributed by atoms with Crippen LogP contribution >= 0.6 is 15.9 Å². The van der Waals surface area contributed by atoms with Gasteiger partial charge >= 0.3 is 0 Å². The Kier molecular flexibility index (Phi) is 7.75. The van der Waals surface area contributed by atoms with Gasteiger partial charge in [-0.05, 0) is 37.1 Å². The molecule has 1 amide bonds. The molecule has 0 radical (unpaired) electrons. The highest BCUT2D eigenvalue weighted by molar-refractivity contribution is 9.10. The van der Waals surface area contributed by atoms with E-state index in [1.807, 2.05) is 0 Å². The van der Waals surface area contributed by atoms with Crippen LogP contribution in [0.4, 0.5) is 5.69 Å². The number of nitrogens with one attached hydrogen (secondary N) is 2. The van der Waals surface area contributed by atoms with Crippen molar-refractivity contribution in [2.75, 3.05) is 31.6 Å². The Balaban J connectivity index is 2.73. The number of rotatable bonds is 8. The van der Waals surface area contributed by atoms with Crippen molar-refractivity contribution in [1.82, 2.24) is 10.6 Å². The van der Waals surface area contributed by atoms with Crippen LogP contribution in [0.5, 0.6) is 0 Å². The van der Waals surface area contributed by atoms with E-state index in [-0.39, 0.29) is 5.91 Å². The zero-order valence-corrected chi connectivity index (χ0v) is 15.0. The van der Waals surface area contributed by atoms with Crippen molar-refractivity contribution >= 4 is 27.5 Å². The highest BCUT2D eigenvalue weighted by Crippen LogP contribution is 2.24. The molecule has 0 heterocycles. The maximum Gasteiger partial charge on any atom is 0.239 e. The summed E-state index contributed by atoms with van der Waals surface area (Å²) in [6.07, 6.45) is 0. The molecule has 0 bridgehead atoms. The molecule has 0 spiro atoms. The number of carbonyl (C=O) groups excluding carboxylic acids is 1. The molecule has 0 aliphatic rings. The Hall–Kier alpha value is -1.07. The average Bonchev–Trinajstić information content (AvgIpc) is 2.45. The minimum absolute atomic E-state index is 0.0237. The van der Waals surface area contributed by atoms with Crippen molar-refractivity contribution < 1.29 is 4.79 Å². The Morgan fingerprint density at radius 1 is 1.38 bits per heavy atom. The largest absolute Gasteiger partial charge is 0.362 e. The van der Waals surface area contributed by atoms with Crippen molar-refractivity contribution in [3.05, 3.63) is 28.2 Å². The van der Waals surface area contributed by atoms with Crippen LogP contribution in [-0.4, -0.2) is 32.6 Å². The van der Waals surface area contributed by atoms with E-state index < -0.39 is 0 Å². The molecular formula is C16H26BrN3O. The third-order valence-electron chi connectivity index (χ3n) is 3.26. The highest BCUT2D eigenvalue weighted by atomic mass is 79.9. The van der Waals surface area contributed by atoms with E-state index in [9.17, 15) is 4.79 Å². The fourth-order valence-electron chi connectivity index (χ4n) is 2.01. The standard InChI is InChI=1S/C16H26BrN3O/c1-5-20(11-16(21)18-4)14-7-6-13(15(17)8-14)10-19-9-12(2)3/h6-8,12,19H,5,9-11H2,1-4H3,(H,18,21). The molecule has 1 aromatic rings. The molecule has 4 nitrogen and oxygen atoms in total. The van der Waals surface area contributed by atoms with Gasteiger partial charge in [0.1, 0.15) is 0 Å². The first kappa shape index (κ1) is 18.0. The summed E-state index contributed by atoms with van der Waals surface area (Å²) >= 11 is 3.63. The van der Waals surface area contributed by atoms with Crippen molar-refractivity contribution in [2.45, 2.75) is 27.3 Å². The number of benzene rings is 1. The van der Waals surface area contributed by atoms with E-state index in [1.54, 1.807) is 7.05 Å². The van der Waals surface area contributed by atoms with Crippen LogP contribution in [0.1, 0.15) is 26.3 Å². The quantitative estimate of drug-likeness (QED) is 0.753. The zero-order valence-electron chi connectivity index (χ0n) is 13.4. The van der Waals surface area contributed by atoms with Gasteiger partial charge < -0.3 is 15.5 Å². The van der Waals surface area contributed by atoms with Gasteiger partial charge in [-0.3, -0.25) is 4.79 Å². The molecule has 21 heavy (non-hydrogen) atoms. The number of amides is 1. The first-order valence-electron chi connectivity index (χ1n) is 7.42. The fourth-order valence-corrected chi connectivity index (χ4v) is 2.52. The van der Waals surface area contributed by atoms with Gasteiger partial charge in [0.15, 0.2) is 0 Å². The molecule has 0 fully saturated rings. The Labute approximate surface area is 136 Å². The Morgan fingerprint density at radius 2 is 2.10 bits per heavy atom. The molecule has 0 aliphatic heterocycles. The predicted octanol–water partition coefficient (Wildman–Crippen LogP) is 2.77. The molecule has 0 saturated heterocycles. The number of nitrogens with zero attached hydrogens (tertiary/aromatic N) is 1. The van der Waals surface area contributed by atoms with E-state index in [2.05, 4.69) is 70.4 Å². The molecule has 0 atom stereocenters. The molecule has 5 heteroatoms. The lowest BCUT2D eigenvalue weighted by Crippen LogP contribution is -2.35. The third kappa shape index (κ3) is 6.06. The third-order valence-corrected chi connectivity index (χ3v) is 4.00. The molecule has 0 unspecified atom stereocenters. The maximum absolute atomic E-state index is 11.5. The number of anilines is 1. The summed E-state index contributed by atoms with van der Waals surface area (Å²) in [5.74, 6) is 0.668. The van der Waals surface area contributed by atoms with Gasteiger partial charge in [-0.25, -0.2) is 0 Å². The van der Waals surface area contributed by atoms with Gasteiger partial charge in [0.25, 0.3) is 0 Å². The average molecular weight is 356 g/mol. The van der Waals surface area contributed by atoms with E-state index in [0.717, 1.165) is 29.8 Å². The summed E-state index contributed by atoms with van der Waals surface area (Å²) in [6.45, 7) is 9.47. The molecule has 118 valence electrons. The number of halogens is 1. The highest BCUT2D eigenvalue weighted by Gasteiger charge is 2.10. The maximum atomic E-state index is 11.5. The number of hydrogen-bond donors (Lipinski definition) is 2. The van der Waals surface area contributed by atoms with Gasteiger partial charge in [-0.2, -0.15) is 0 Å². The summed E-state index contributed by atoms with van der Waals surface area (Å²) < 4.78 is 1.08. The molecule has 2 N–H and O–H groups in total. The number of carbonyl (C=O) groups is 1. The van der Waals surface area contributed by atoms with Crippen LogP contribution in [0.25, 0.3) is 0 Å². The predicted molar refractivity (Wildman–Crippen MR) is 92.6 cm³/mol. The van der Waals surface area contributed by atoms with Gasteiger partial charge in [0, 0.05) is 30.3 Å². The van der Waals surface area contributed by atoms with E-state index >= 15 is 0 Å². The topological polar surface area (TPSA) is 44.4 Å². The van der Waals surface area contributed by atoms with Gasteiger partial charge in [-0.1, -0.05) is 35.8 Å². The number of hydrogen-bond acceptors (Lipinski definition) is 3. The summed E-state index contributed by atoms with van der Waals surface area (Å²) in [5.41, 5.74) is 2.29. The molecule has 1 aromatic carbocycles. The lowest BCUT2D eigenvalue weighted by atomic mass is 10.1. The second-order valence-electron chi connectivity index (χ2n) is 5.49. The van der Waals surface area contributed by atoms with Crippen LogP contribution in [0.15, 0.2) is 22.7 Å². The minimum atomic E-state index is 0.0237. The van der Waals surface area contributed by atoms with Crippen LogP contribution < -0.4 is 15.5 Å². The SMILES string of the molecule is CCN(CC(=O)NC)c1ccc(CNCC(C)C)c(Br)c1. The summed E-state index contributed by atoms with van der Waals surface area (Å²) in [5, 5.41) is 6.10.